The van der Waals surface area contributed by atoms with E-state index < -0.39 is 18.0 Å². The van der Waals surface area contributed by atoms with Crippen molar-refractivity contribution in [3.8, 4) is 0 Å². The van der Waals surface area contributed by atoms with E-state index in [2.05, 4.69) is 5.32 Å². The minimum absolute atomic E-state index is 0.154. The minimum Gasteiger partial charge on any atom is -0.451 e. The van der Waals surface area contributed by atoms with Crippen molar-refractivity contribution in [1.29, 1.82) is 0 Å². The largest absolute Gasteiger partial charge is 0.451 e. The zero-order valence-electron chi connectivity index (χ0n) is 14.0. The van der Waals surface area contributed by atoms with Crippen LogP contribution in [0, 0.1) is 5.92 Å². The van der Waals surface area contributed by atoms with E-state index in [4.69, 9.17) is 16.6 Å². The predicted octanol–water partition coefficient (Wildman–Crippen LogP) is 1.76. The van der Waals surface area contributed by atoms with Crippen LogP contribution in [0.3, 0.4) is 0 Å². The maximum Gasteiger partial charge on any atom is 0.290 e. The Morgan fingerprint density at radius 2 is 2.12 bits per heavy atom. The van der Waals surface area contributed by atoms with Gasteiger partial charge in [0, 0.05) is 23.3 Å². The predicted molar refractivity (Wildman–Crippen MR) is 99.2 cm³/mol. The highest BCUT2D eigenvalue weighted by Crippen LogP contribution is 2.28. The van der Waals surface area contributed by atoms with E-state index in [0.29, 0.717) is 30.0 Å². The summed E-state index contributed by atoms with van der Waals surface area (Å²) in [4.78, 5) is 39.3. The van der Waals surface area contributed by atoms with Gasteiger partial charge in [-0.05, 0) is 25.0 Å². The van der Waals surface area contributed by atoms with Gasteiger partial charge in [-0.15, -0.1) is 0 Å². The van der Waals surface area contributed by atoms with Crippen molar-refractivity contribution >= 4 is 46.0 Å². The van der Waals surface area contributed by atoms with E-state index in [1.165, 1.54) is 0 Å². The van der Waals surface area contributed by atoms with Crippen molar-refractivity contribution in [3.05, 3.63) is 36.1 Å². The molecule has 7 heteroatoms. The average Bonchev–Trinajstić information content (AvgIpc) is 3.37. The molecule has 0 bridgehead atoms. The van der Waals surface area contributed by atoms with Gasteiger partial charge in [-0.2, -0.15) is 0 Å². The smallest absolute Gasteiger partial charge is 0.290 e. The summed E-state index contributed by atoms with van der Waals surface area (Å²) in [5.41, 5.74) is 0.639. The number of carbonyl (C=O) groups is 3. The van der Waals surface area contributed by atoms with Gasteiger partial charge in [0.2, 0.25) is 0 Å². The SMILES string of the molecule is O=C[C@H]1NCC(=S)C1C(=O)[C@@H]1CCCN1C(=O)c1cc2ccccc2o1. The molecular weight excluding hydrogens is 352 g/mol. The molecular formula is C19H18N2O4S. The van der Waals surface area contributed by atoms with Gasteiger partial charge in [0.05, 0.1) is 18.0 Å². The van der Waals surface area contributed by atoms with Crippen molar-refractivity contribution in [2.45, 2.75) is 24.9 Å². The normalized spacial score (nSPS) is 25.8. The summed E-state index contributed by atoms with van der Waals surface area (Å²) < 4.78 is 5.66. The number of fused-ring (bicyclic) bond motifs is 1. The lowest BCUT2D eigenvalue weighted by Crippen LogP contribution is -2.47. The third-order valence-electron chi connectivity index (χ3n) is 5.15. The lowest BCUT2D eigenvalue weighted by atomic mass is 9.90. The molecule has 0 saturated carbocycles. The van der Waals surface area contributed by atoms with E-state index in [0.717, 1.165) is 18.1 Å². The number of rotatable bonds is 4. The molecule has 2 fully saturated rings. The molecule has 1 N–H and O–H groups in total. The Morgan fingerprint density at radius 1 is 1.31 bits per heavy atom. The fourth-order valence-electron chi connectivity index (χ4n) is 3.85. The van der Waals surface area contributed by atoms with E-state index >= 15 is 0 Å². The number of benzene rings is 1. The number of furan rings is 1. The Hall–Kier alpha value is -2.38. The number of carbonyl (C=O) groups excluding carboxylic acids is 3. The van der Waals surface area contributed by atoms with Crippen LogP contribution in [-0.2, 0) is 9.59 Å². The summed E-state index contributed by atoms with van der Waals surface area (Å²) in [7, 11) is 0. The molecule has 1 aromatic heterocycles. The van der Waals surface area contributed by atoms with Crippen molar-refractivity contribution in [3.63, 3.8) is 0 Å². The Morgan fingerprint density at radius 3 is 2.88 bits per heavy atom. The highest BCUT2D eigenvalue weighted by molar-refractivity contribution is 7.80. The third kappa shape index (κ3) is 2.77. The number of hydrogen-bond acceptors (Lipinski definition) is 6. The highest BCUT2D eigenvalue weighted by atomic mass is 32.1. The molecule has 2 aromatic rings. The fraction of sp³-hybridized carbons (Fsp3) is 0.368. The first-order chi connectivity index (χ1) is 12.6. The molecule has 4 rings (SSSR count). The Kier molecular flexibility index (Phi) is 4.42. The van der Waals surface area contributed by atoms with Gasteiger partial charge in [0.25, 0.3) is 5.91 Å². The number of ketones is 1. The maximum absolute atomic E-state index is 13.0. The molecule has 2 aliphatic rings. The lowest BCUT2D eigenvalue weighted by Gasteiger charge is -2.26. The number of para-hydroxylation sites is 1. The number of amides is 1. The fourth-order valence-corrected chi connectivity index (χ4v) is 4.20. The topological polar surface area (TPSA) is 79.6 Å². The first kappa shape index (κ1) is 17.1. The standard InChI is InChI=1S/C19H18N2O4S/c22-10-12-17(16(26)9-20-12)18(23)13-5-3-7-21(13)19(24)15-8-11-4-1-2-6-14(11)25-15/h1-2,4,6,8,10,12-13,17,20H,3,5,7,9H2/t12-,13+,17?/m1/s1. The molecule has 1 amide bonds. The second-order valence-electron chi connectivity index (χ2n) is 6.69. The molecule has 0 spiro atoms. The highest BCUT2D eigenvalue weighted by Gasteiger charge is 2.44. The van der Waals surface area contributed by atoms with Crippen LogP contribution in [0.4, 0.5) is 0 Å². The molecule has 0 radical (unpaired) electrons. The zero-order chi connectivity index (χ0) is 18.3. The summed E-state index contributed by atoms with van der Waals surface area (Å²) >= 11 is 5.27. The molecule has 1 aromatic carbocycles. The number of aldehydes is 1. The number of thiocarbonyl (C=S) groups is 1. The van der Waals surface area contributed by atoms with Gasteiger partial charge in [0.15, 0.2) is 11.5 Å². The van der Waals surface area contributed by atoms with Crippen LogP contribution < -0.4 is 5.32 Å². The second-order valence-corrected chi connectivity index (χ2v) is 7.22. The Balaban J connectivity index is 1.59. The molecule has 134 valence electrons. The minimum atomic E-state index is -0.642. The Bertz CT molecular complexity index is 873. The molecule has 0 aliphatic carbocycles. The molecule has 2 saturated heterocycles. The average molecular weight is 370 g/mol. The maximum atomic E-state index is 13.0. The van der Waals surface area contributed by atoms with E-state index in [1.807, 2.05) is 18.2 Å². The van der Waals surface area contributed by atoms with Crippen LogP contribution in [0.5, 0.6) is 0 Å². The molecule has 3 atom stereocenters. The van der Waals surface area contributed by atoms with Crippen LogP contribution in [0.25, 0.3) is 11.0 Å². The van der Waals surface area contributed by atoms with Crippen LogP contribution >= 0.6 is 12.2 Å². The van der Waals surface area contributed by atoms with Crippen molar-refractivity contribution in [1.82, 2.24) is 10.2 Å². The van der Waals surface area contributed by atoms with Crippen molar-refractivity contribution in [2.24, 2.45) is 5.92 Å². The summed E-state index contributed by atoms with van der Waals surface area (Å²) in [6, 6.07) is 7.93. The van der Waals surface area contributed by atoms with Crippen LogP contribution in [0.1, 0.15) is 23.4 Å². The van der Waals surface area contributed by atoms with Gasteiger partial charge in [-0.1, -0.05) is 30.4 Å². The monoisotopic (exact) mass is 370 g/mol. The second kappa shape index (κ2) is 6.74. The first-order valence-electron chi connectivity index (χ1n) is 8.65. The van der Waals surface area contributed by atoms with Crippen LogP contribution in [0.15, 0.2) is 34.7 Å². The molecule has 1 unspecified atom stereocenters. The van der Waals surface area contributed by atoms with Gasteiger partial charge in [0.1, 0.15) is 11.9 Å². The van der Waals surface area contributed by atoms with E-state index in [-0.39, 0.29) is 17.5 Å². The van der Waals surface area contributed by atoms with Gasteiger partial charge >= 0.3 is 0 Å². The number of Topliss-reactive ketones (excluding diaryl/α,β-unsaturated/α-hetero) is 1. The molecule has 2 aliphatic heterocycles. The van der Waals surface area contributed by atoms with Crippen molar-refractivity contribution < 1.29 is 18.8 Å². The molecule has 26 heavy (non-hydrogen) atoms. The first-order valence-corrected chi connectivity index (χ1v) is 9.05. The number of likely N-dealkylation sites (tertiary alicyclic amines) is 1. The van der Waals surface area contributed by atoms with E-state index in [1.54, 1.807) is 17.0 Å². The molecule has 3 heterocycles. The number of hydrogen-bond donors (Lipinski definition) is 1. The van der Waals surface area contributed by atoms with Gasteiger partial charge in [-0.25, -0.2) is 0 Å². The van der Waals surface area contributed by atoms with E-state index in [9.17, 15) is 14.4 Å². The summed E-state index contributed by atoms with van der Waals surface area (Å²) in [5.74, 6) is -0.864. The lowest BCUT2D eigenvalue weighted by molar-refractivity contribution is -0.126. The van der Waals surface area contributed by atoms with Crippen molar-refractivity contribution in [2.75, 3.05) is 13.1 Å². The number of nitrogens with zero attached hydrogens (tertiary/aromatic N) is 1. The van der Waals surface area contributed by atoms with Gasteiger partial charge in [-0.3, -0.25) is 9.59 Å². The third-order valence-corrected chi connectivity index (χ3v) is 5.55. The van der Waals surface area contributed by atoms with Crippen LogP contribution in [-0.4, -0.2) is 52.9 Å². The zero-order valence-corrected chi connectivity index (χ0v) is 14.8. The number of nitrogens with one attached hydrogen (secondary N) is 1. The summed E-state index contributed by atoms with van der Waals surface area (Å²) in [6.45, 7) is 0.865. The van der Waals surface area contributed by atoms with Crippen LogP contribution in [0.2, 0.25) is 0 Å². The van der Waals surface area contributed by atoms with Gasteiger partial charge < -0.3 is 19.4 Å². The summed E-state index contributed by atoms with van der Waals surface area (Å²) in [5, 5.41) is 3.80. The Labute approximate surface area is 155 Å². The summed E-state index contributed by atoms with van der Waals surface area (Å²) in [6.07, 6.45) is 2.04. The quantitative estimate of drug-likeness (QED) is 0.653. The molecule has 6 nitrogen and oxygen atoms in total.